The zero-order valence-electron chi connectivity index (χ0n) is 20.2. The molecule has 2 aromatic carbocycles. The van der Waals surface area contributed by atoms with E-state index >= 15 is 0 Å². The first-order valence-electron chi connectivity index (χ1n) is 11.4. The average Bonchev–Trinajstić information content (AvgIpc) is 2.89. The van der Waals surface area contributed by atoms with Crippen molar-refractivity contribution in [2.75, 3.05) is 20.2 Å². The summed E-state index contributed by atoms with van der Waals surface area (Å²) in [6, 6.07) is 15.6. The topological polar surface area (TPSA) is 71.0 Å². The molecular weight excluding hydrogens is 436 g/mol. The molecule has 3 atom stereocenters. The molecule has 6 nitrogen and oxygen atoms in total. The van der Waals surface area contributed by atoms with E-state index in [2.05, 4.69) is 28.7 Å². The lowest BCUT2D eigenvalue weighted by atomic mass is 9.99. The second-order valence-electron chi connectivity index (χ2n) is 9.73. The Hall–Kier alpha value is -2.22. The maximum atomic E-state index is 12.5. The third kappa shape index (κ3) is 7.95. The number of amides is 1. The van der Waals surface area contributed by atoms with E-state index in [0.29, 0.717) is 18.9 Å². The van der Waals surface area contributed by atoms with Crippen molar-refractivity contribution < 1.29 is 19.4 Å². The molecule has 0 radical (unpaired) electrons. The fourth-order valence-corrected chi connectivity index (χ4v) is 5.18. The third-order valence-electron chi connectivity index (χ3n) is 5.43. The van der Waals surface area contributed by atoms with Crippen LogP contribution in [0.4, 0.5) is 4.79 Å². The van der Waals surface area contributed by atoms with E-state index in [0.717, 1.165) is 24.3 Å². The fraction of sp³-hybridized carbons (Fsp3) is 0.500. The summed E-state index contributed by atoms with van der Waals surface area (Å²) < 4.78 is 13.0. The van der Waals surface area contributed by atoms with Gasteiger partial charge in [0, 0.05) is 18.0 Å². The van der Waals surface area contributed by atoms with Crippen molar-refractivity contribution in [3.8, 4) is 5.75 Å². The molecule has 180 valence electrons. The van der Waals surface area contributed by atoms with Crippen molar-refractivity contribution >= 4 is 18.0 Å². The van der Waals surface area contributed by atoms with Gasteiger partial charge in [-0.05, 0) is 80.8 Å². The molecule has 0 saturated carbocycles. The highest BCUT2D eigenvalue weighted by Crippen LogP contribution is 2.35. The van der Waals surface area contributed by atoms with Gasteiger partial charge in [0.2, 0.25) is 0 Å². The molecule has 0 aromatic heterocycles. The molecule has 1 amide bonds. The lowest BCUT2D eigenvalue weighted by Crippen LogP contribution is -2.50. The smallest absolute Gasteiger partial charge is 0.407 e. The zero-order valence-corrected chi connectivity index (χ0v) is 21.0. The van der Waals surface area contributed by atoms with E-state index in [9.17, 15) is 9.90 Å². The first kappa shape index (κ1) is 25.4. The molecule has 7 heteroatoms. The molecule has 3 rings (SSSR count). The molecule has 0 spiro atoms. The Balaban J connectivity index is 1.73. The number of hydrogen-bond acceptors (Lipinski definition) is 6. The summed E-state index contributed by atoms with van der Waals surface area (Å²) >= 11 is 1.66. The van der Waals surface area contributed by atoms with Gasteiger partial charge in [-0.3, -0.25) is 0 Å². The summed E-state index contributed by atoms with van der Waals surface area (Å²) in [7, 11) is 1.68. The Kier molecular flexibility index (Phi) is 8.68. The number of β-amino-alcohol motifs (C(OH)–C–C–N with tert-alkyl or cyclic N) is 1. The Bertz CT molecular complexity index is 916. The van der Waals surface area contributed by atoms with Gasteiger partial charge in [0.05, 0.1) is 19.3 Å². The maximum Gasteiger partial charge on any atom is 0.407 e. The minimum atomic E-state index is -0.766. The molecule has 2 N–H and O–H groups in total. The molecule has 1 heterocycles. The molecule has 0 unspecified atom stereocenters. The van der Waals surface area contributed by atoms with Crippen LogP contribution in [0.25, 0.3) is 0 Å². The second kappa shape index (κ2) is 11.3. The molecule has 1 aliphatic heterocycles. The number of hydrogen-bond donors (Lipinski definition) is 2. The highest BCUT2D eigenvalue weighted by atomic mass is 32.2. The molecule has 0 bridgehead atoms. The number of carbonyl (C=O) groups excluding carboxylic acids is 1. The van der Waals surface area contributed by atoms with Crippen LogP contribution in [0.2, 0.25) is 0 Å². The lowest BCUT2D eigenvalue weighted by molar-refractivity contribution is 0.0402. The summed E-state index contributed by atoms with van der Waals surface area (Å²) in [5.74, 6) is 1.28. The van der Waals surface area contributed by atoms with Crippen LogP contribution in [0.1, 0.15) is 38.8 Å². The highest BCUT2D eigenvalue weighted by Gasteiger charge is 2.29. The molecule has 0 fully saturated rings. The fourth-order valence-electron chi connectivity index (χ4n) is 3.95. The van der Waals surface area contributed by atoms with Crippen LogP contribution in [0, 0.1) is 5.92 Å². The van der Waals surface area contributed by atoms with Gasteiger partial charge in [0.25, 0.3) is 0 Å². The Morgan fingerprint density at radius 2 is 1.97 bits per heavy atom. The van der Waals surface area contributed by atoms with Gasteiger partial charge in [-0.25, -0.2) is 9.10 Å². The van der Waals surface area contributed by atoms with Gasteiger partial charge < -0.3 is 19.9 Å². The molecule has 2 aromatic rings. The first-order valence-corrected chi connectivity index (χ1v) is 12.2. The van der Waals surface area contributed by atoms with Crippen molar-refractivity contribution in [2.45, 2.75) is 63.2 Å². The number of nitrogens with one attached hydrogen (secondary N) is 1. The number of aliphatic hydroxyl groups is 1. The summed E-state index contributed by atoms with van der Waals surface area (Å²) in [6.07, 6.45) is 0.188. The van der Waals surface area contributed by atoms with E-state index in [4.69, 9.17) is 9.47 Å². The van der Waals surface area contributed by atoms with Crippen LogP contribution in [0.5, 0.6) is 5.75 Å². The molecule has 0 saturated heterocycles. The molecule has 33 heavy (non-hydrogen) atoms. The molecular formula is C26H36N2O4S. The highest BCUT2D eigenvalue weighted by molar-refractivity contribution is 7.97. The first-order chi connectivity index (χ1) is 15.6. The summed E-state index contributed by atoms with van der Waals surface area (Å²) in [4.78, 5) is 13.7. The van der Waals surface area contributed by atoms with E-state index in [-0.39, 0.29) is 0 Å². The van der Waals surface area contributed by atoms with Gasteiger partial charge >= 0.3 is 6.09 Å². The number of alkyl carbamates (subject to hydrolysis) is 1. The monoisotopic (exact) mass is 472 g/mol. The van der Waals surface area contributed by atoms with Gasteiger partial charge in [0.1, 0.15) is 11.4 Å². The van der Waals surface area contributed by atoms with E-state index in [1.54, 1.807) is 19.1 Å². The van der Waals surface area contributed by atoms with Crippen molar-refractivity contribution in [1.82, 2.24) is 9.62 Å². The number of rotatable bonds is 7. The standard InChI is InChI=1S/C26H36N2O4S/c1-18-13-20-15-21(31-5)11-12-24(20)33-28(16-18)17-23(29)22(14-19-9-7-6-8-10-19)27-25(30)32-26(2,3)4/h6-12,15,18,22-23,29H,13-14,16-17H2,1-5H3,(H,27,30)/t18-,22-,23+/m0/s1. The van der Waals surface area contributed by atoms with Crippen molar-refractivity contribution in [2.24, 2.45) is 5.92 Å². The Morgan fingerprint density at radius 3 is 2.64 bits per heavy atom. The molecule has 0 aliphatic carbocycles. The van der Waals surface area contributed by atoms with Gasteiger partial charge in [-0.1, -0.05) is 37.3 Å². The number of aliphatic hydroxyl groups excluding tert-OH is 1. The largest absolute Gasteiger partial charge is 0.497 e. The Labute approximate surface area is 201 Å². The van der Waals surface area contributed by atoms with Gasteiger partial charge in [-0.2, -0.15) is 0 Å². The summed E-state index contributed by atoms with van der Waals surface area (Å²) in [5, 5.41) is 14.1. The van der Waals surface area contributed by atoms with Crippen LogP contribution in [0.3, 0.4) is 0 Å². The maximum absolute atomic E-state index is 12.5. The third-order valence-corrected chi connectivity index (χ3v) is 6.59. The quantitative estimate of drug-likeness (QED) is 0.570. The SMILES string of the molecule is COc1ccc2c(c1)C[C@H](C)CN(C[C@@H](O)[C@H](Cc1ccccc1)NC(=O)OC(C)(C)C)S2. The van der Waals surface area contributed by atoms with E-state index in [1.165, 1.54) is 10.5 Å². The lowest BCUT2D eigenvalue weighted by Gasteiger charge is -2.30. The minimum Gasteiger partial charge on any atom is -0.497 e. The van der Waals surface area contributed by atoms with Gasteiger partial charge in [0.15, 0.2) is 0 Å². The predicted molar refractivity (Wildman–Crippen MR) is 133 cm³/mol. The number of methoxy groups -OCH3 is 1. The second-order valence-corrected chi connectivity index (χ2v) is 10.9. The molecule has 1 aliphatic rings. The van der Waals surface area contributed by atoms with Crippen molar-refractivity contribution in [3.63, 3.8) is 0 Å². The van der Waals surface area contributed by atoms with E-state index < -0.39 is 23.8 Å². The zero-order chi connectivity index (χ0) is 24.0. The Morgan fingerprint density at radius 1 is 1.24 bits per heavy atom. The van der Waals surface area contributed by atoms with Crippen LogP contribution < -0.4 is 10.1 Å². The number of ether oxygens (including phenoxy) is 2. The van der Waals surface area contributed by atoms with Gasteiger partial charge in [-0.15, -0.1) is 0 Å². The van der Waals surface area contributed by atoms with E-state index in [1.807, 2.05) is 57.2 Å². The van der Waals surface area contributed by atoms with Crippen LogP contribution >= 0.6 is 11.9 Å². The summed E-state index contributed by atoms with van der Waals surface area (Å²) in [5.41, 5.74) is 1.70. The normalized spacial score (nSPS) is 18.5. The average molecular weight is 473 g/mol. The van der Waals surface area contributed by atoms with Crippen molar-refractivity contribution in [3.05, 3.63) is 59.7 Å². The number of benzene rings is 2. The van der Waals surface area contributed by atoms with Crippen LogP contribution in [-0.4, -0.2) is 53.5 Å². The van der Waals surface area contributed by atoms with Crippen molar-refractivity contribution in [1.29, 1.82) is 0 Å². The van der Waals surface area contributed by atoms with Crippen LogP contribution in [0.15, 0.2) is 53.4 Å². The minimum absolute atomic E-state index is 0.421. The predicted octanol–water partition coefficient (Wildman–Crippen LogP) is 4.69. The van der Waals surface area contributed by atoms with Crippen LogP contribution in [-0.2, 0) is 17.6 Å². The number of fused-ring (bicyclic) bond motifs is 1. The number of nitrogens with zero attached hydrogens (tertiary/aromatic N) is 1. The summed E-state index contributed by atoms with van der Waals surface area (Å²) in [6.45, 7) is 8.97. The number of carbonyl (C=O) groups is 1.